The fourth-order valence-corrected chi connectivity index (χ4v) is 5.89. The molecule has 6 rings (SSSR count). The molecule has 0 aliphatic carbocycles. The predicted octanol–water partition coefficient (Wildman–Crippen LogP) is 3.39. The van der Waals surface area contributed by atoms with Gasteiger partial charge in [-0.15, -0.1) is 11.3 Å². The summed E-state index contributed by atoms with van der Waals surface area (Å²) in [5.74, 6) is 0.931. The second kappa shape index (κ2) is 8.90. The Kier molecular flexibility index (Phi) is 5.84. The van der Waals surface area contributed by atoms with Crippen molar-refractivity contribution in [2.75, 3.05) is 6.61 Å². The number of hydrogen-bond donors (Lipinski definition) is 2. The van der Waals surface area contributed by atoms with Gasteiger partial charge in [-0.3, -0.25) is 0 Å². The Bertz CT molecular complexity index is 1380. The van der Waals surface area contributed by atoms with E-state index in [0.717, 1.165) is 20.8 Å². The van der Waals surface area contributed by atoms with Crippen molar-refractivity contribution in [3.63, 3.8) is 0 Å². The number of thiazole rings is 1. The maximum atomic E-state index is 11.2. The number of ether oxygens (including phenoxy) is 3. The van der Waals surface area contributed by atoms with Gasteiger partial charge >= 0.3 is 0 Å². The summed E-state index contributed by atoms with van der Waals surface area (Å²) in [5, 5.41) is 17.2. The normalized spacial score (nSPS) is 28.8. The number of aliphatic hydroxyl groups is 1. The van der Waals surface area contributed by atoms with Crippen molar-refractivity contribution in [1.82, 2.24) is 19.7 Å². The maximum absolute atomic E-state index is 11.2. The molecule has 0 saturated carbocycles. The molecule has 0 bridgehead atoms. The zero-order valence-electron chi connectivity index (χ0n) is 19.0. The van der Waals surface area contributed by atoms with Crippen molar-refractivity contribution in [3.05, 3.63) is 69.7 Å². The van der Waals surface area contributed by atoms with Gasteiger partial charge in [0, 0.05) is 5.56 Å². The molecule has 4 aromatic rings. The number of fused-ring (bicyclic) bond motifs is 2. The molecule has 35 heavy (non-hydrogen) atoms. The van der Waals surface area contributed by atoms with Crippen LogP contribution in [0.25, 0.3) is 15.9 Å². The number of hydrogen-bond acceptors (Lipinski definition) is 9. The number of rotatable bonds is 3. The number of halogens is 1. The number of nitrogens with zero attached hydrogens (tertiary/aromatic N) is 4. The van der Waals surface area contributed by atoms with Crippen LogP contribution in [0.1, 0.15) is 34.6 Å². The molecular weight excluding hydrogens is 490 g/mol. The van der Waals surface area contributed by atoms with Crippen LogP contribution < -0.4 is 5.73 Å². The van der Waals surface area contributed by atoms with E-state index in [-0.39, 0.29) is 6.61 Å². The second-order valence-electron chi connectivity index (χ2n) is 8.75. The number of aromatic nitrogens is 4. The summed E-state index contributed by atoms with van der Waals surface area (Å²) in [5.41, 5.74) is 8.84. The molecule has 11 heteroatoms. The topological polar surface area (TPSA) is 118 Å². The third-order valence-electron chi connectivity index (χ3n) is 6.34. The van der Waals surface area contributed by atoms with Crippen molar-refractivity contribution in [3.8, 4) is 5.69 Å². The molecule has 4 heterocycles. The number of benzene rings is 2. The summed E-state index contributed by atoms with van der Waals surface area (Å²) >= 11 is 8.29. The highest BCUT2D eigenvalue weighted by atomic mass is 35.5. The van der Waals surface area contributed by atoms with E-state index >= 15 is 0 Å². The minimum absolute atomic E-state index is 0.265. The molecule has 3 N–H and O–H groups in total. The summed E-state index contributed by atoms with van der Waals surface area (Å²) in [6.07, 6.45) is -3.52. The SMILES string of the molecule is Cc1nc([C@@H]2OC3COC(c4ccccc4)O[C@@H]3C(N)C2O)n(-c2ccc3nc(C)sc3c2Cl)n1. The Morgan fingerprint density at radius 2 is 1.91 bits per heavy atom. The Morgan fingerprint density at radius 1 is 1.11 bits per heavy atom. The van der Waals surface area contributed by atoms with Crippen LogP contribution in [0.3, 0.4) is 0 Å². The van der Waals surface area contributed by atoms with Gasteiger partial charge < -0.3 is 25.1 Å². The molecule has 2 aliphatic heterocycles. The summed E-state index contributed by atoms with van der Waals surface area (Å²) < 4.78 is 20.8. The zero-order valence-corrected chi connectivity index (χ0v) is 20.6. The smallest absolute Gasteiger partial charge is 0.184 e. The van der Waals surface area contributed by atoms with E-state index in [1.54, 1.807) is 11.6 Å². The van der Waals surface area contributed by atoms with Gasteiger partial charge in [0.15, 0.2) is 12.1 Å². The van der Waals surface area contributed by atoms with E-state index in [2.05, 4.69) is 15.1 Å². The Labute approximate surface area is 210 Å². The lowest BCUT2D eigenvalue weighted by atomic mass is 9.92. The molecule has 4 unspecified atom stereocenters. The fourth-order valence-electron chi connectivity index (χ4n) is 4.68. The maximum Gasteiger partial charge on any atom is 0.184 e. The summed E-state index contributed by atoms with van der Waals surface area (Å²) in [6.45, 7) is 3.98. The lowest BCUT2D eigenvalue weighted by Gasteiger charge is -2.46. The van der Waals surface area contributed by atoms with Crippen molar-refractivity contribution in [2.24, 2.45) is 5.73 Å². The third kappa shape index (κ3) is 3.95. The van der Waals surface area contributed by atoms with Crippen LogP contribution in [0.2, 0.25) is 5.02 Å². The van der Waals surface area contributed by atoms with Gasteiger partial charge in [-0.05, 0) is 26.0 Å². The van der Waals surface area contributed by atoms with Gasteiger partial charge in [-0.25, -0.2) is 14.6 Å². The highest BCUT2D eigenvalue weighted by molar-refractivity contribution is 7.19. The summed E-state index contributed by atoms with van der Waals surface area (Å²) in [7, 11) is 0. The van der Waals surface area contributed by atoms with Crippen molar-refractivity contribution >= 4 is 33.2 Å². The van der Waals surface area contributed by atoms with E-state index in [1.807, 2.05) is 49.4 Å². The monoisotopic (exact) mass is 513 g/mol. The van der Waals surface area contributed by atoms with E-state index in [9.17, 15) is 5.11 Å². The van der Waals surface area contributed by atoms with Crippen LogP contribution in [-0.2, 0) is 14.2 Å². The number of aliphatic hydroxyl groups excluding tert-OH is 1. The van der Waals surface area contributed by atoms with E-state index in [4.69, 9.17) is 31.5 Å². The average Bonchev–Trinajstić information content (AvgIpc) is 3.44. The molecule has 2 fully saturated rings. The fraction of sp³-hybridized carbons (Fsp3) is 0.375. The van der Waals surface area contributed by atoms with Crippen molar-refractivity contribution in [2.45, 2.75) is 50.6 Å². The van der Waals surface area contributed by atoms with Crippen LogP contribution >= 0.6 is 22.9 Å². The first kappa shape index (κ1) is 23.0. The van der Waals surface area contributed by atoms with Gasteiger partial charge in [0.25, 0.3) is 0 Å². The summed E-state index contributed by atoms with van der Waals surface area (Å²) in [4.78, 5) is 9.08. The molecule has 6 atom stereocenters. The minimum atomic E-state index is -1.08. The van der Waals surface area contributed by atoms with Crippen LogP contribution in [-0.4, -0.2) is 55.8 Å². The standard InChI is InChI=1S/C24H24ClN5O4S/c1-11-27-23(30(29-11)15-9-8-14-22(17(15)25)35-12(2)28-14)21-19(31)18(26)20-16(33-21)10-32-24(34-20)13-6-4-3-5-7-13/h3-9,16,18-21,24,31H,10,26H2,1-2H3/t16?,18?,19?,20-,21+,24?/m0/s1. The summed E-state index contributed by atoms with van der Waals surface area (Å²) in [6, 6.07) is 12.6. The van der Waals surface area contributed by atoms with E-state index in [0.29, 0.717) is 22.4 Å². The van der Waals surface area contributed by atoms with Gasteiger partial charge in [0.2, 0.25) is 0 Å². The van der Waals surface area contributed by atoms with Crippen LogP contribution in [0.5, 0.6) is 0 Å². The second-order valence-corrected chi connectivity index (χ2v) is 10.3. The first-order valence-corrected chi connectivity index (χ1v) is 12.5. The molecule has 2 saturated heterocycles. The quantitative estimate of drug-likeness (QED) is 0.428. The van der Waals surface area contributed by atoms with Crippen LogP contribution in [0.4, 0.5) is 0 Å². The molecular formula is C24H24ClN5O4S. The average molecular weight is 514 g/mol. The molecule has 0 spiro atoms. The molecule has 2 aromatic carbocycles. The number of nitrogens with two attached hydrogens (primary N) is 1. The Morgan fingerprint density at radius 3 is 2.71 bits per heavy atom. The molecule has 182 valence electrons. The highest BCUT2D eigenvalue weighted by Crippen LogP contribution is 2.40. The van der Waals surface area contributed by atoms with Crippen molar-refractivity contribution < 1.29 is 19.3 Å². The predicted molar refractivity (Wildman–Crippen MR) is 131 cm³/mol. The molecule has 0 amide bonds. The first-order chi connectivity index (χ1) is 16.9. The Balaban J connectivity index is 1.32. The van der Waals surface area contributed by atoms with Crippen LogP contribution in [0, 0.1) is 13.8 Å². The molecule has 0 radical (unpaired) electrons. The highest BCUT2D eigenvalue weighted by Gasteiger charge is 2.49. The van der Waals surface area contributed by atoms with Gasteiger partial charge in [0.1, 0.15) is 30.2 Å². The first-order valence-electron chi connectivity index (χ1n) is 11.3. The molecule has 2 aliphatic rings. The lowest BCUT2D eigenvalue weighted by molar-refractivity contribution is -0.309. The minimum Gasteiger partial charge on any atom is -0.388 e. The lowest BCUT2D eigenvalue weighted by Crippen LogP contribution is -2.62. The van der Waals surface area contributed by atoms with E-state index in [1.165, 1.54) is 11.3 Å². The van der Waals surface area contributed by atoms with Gasteiger partial charge in [0.05, 0.1) is 38.6 Å². The Hall–Kier alpha value is -2.44. The largest absolute Gasteiger partial charge is 0.388 e. The van der Waals surface area contributed by atoms with Crippen LogP contribution in [0.15, 0.2) is 42.5 Å². The number of aryl methyl sites for hydroxylation is 2. The third-order valence-corrected chi connectivity index (χ3v) is 7.84. The van der Waals surface area contributed by atoms with Gasteiger partial charge in [-0.1, -0.05) is 41.9 Å². The van der Waals surface area contributed by atoms with Gasteiger partial charge in [-0.2, -0.15) is 5.10 Å². The van der Waals surface area contributed by atoms with E-state index < -0.39 is 36.7 Å². The molecule has 2 aromatic heterocycles. The molecule has 9 nitrogen and oxygen atoms in total. The van der Waals surface area contributed by atoms with Crippen molar-refractivity contribution in [1.29, 1.82) is 0 Å². The zero-order chi connectivity index (χ0) is 24.3.